The van der Waals surface area contributed by atoms with E-state index in [1.807, 2.05) is 24.3 Å². The van der Waals surface area contributed by atoms with Gasteiger partial charge in [-0.2, -0.15) is 0 Å². The van der Waals surface area contributed by atoms with Crippen molar-refractivity contribution in [3.63, 3.8) is 0 Å². The van der Waals surface area contributed by atoms with E-state index in [4.69, 9.17) is 0 Å². The van der Waals surface area contributed by atoms with E-state index >= 15 is 0 Å². The Morgan fingerprint density at radius 1 is 0.947 bits per heavy atom. The summed E-state index contributed by atoms with van der Waals surface area (Å²) in [6, 6.07) is 14.2. The Kier molecular flexibility index (Phi) is 3.63. The molecule has 2 aromatic carbocycles. The summed E-state index contributed by atoms with van der Waals surface area (Å²) in [5, 5.41) is 2.27. The summed E-state index contributed by atoms with van der Waals surface area (Å²) in [6.45, 7) is 0. The highest BCUT2D eigenvalue weighted by Crippen LogP contribution is 2.29. The SMILES string of the molecule is O=C(CC1CCCCC1)c1cccc2ccccc12. The van der Waals surface area contributed by atoms with Crippen LogP contribution in [0.1, 0.15) is 48.9 Å². The molecule has 1 nitrogen and oxygen atoms in total. The molecule has 0 atom stereocenters. The third-order valence-electron chi connectivity index (χ3n) is 4.29. The molecule has 19 heavy (non-hydrogen) atoms. The molecular formula is C18H20O. The fourth-order valence-corrected chi connectivity index (χ4v) is 3.23. The van der Waals surface area contributed by atoms with Crippen LogP contribution in [0.25, 0.3) is 10.8 Å². The quantitative estimate of drug-likeness (QED) is 0.703. The summed E-state index contributed by atoms with van der Waals surface area (Å²) >= 11 is 0. The van der Waals surface area contributed by atoms with Crippen molar-refractivity contribution in [2.75, 3.05) is 0 Å². The van der Waals surface area contributed by atoms with E-state index < -0.39 is 0 Å². The van der Waals surface area contributed by atoms with Crippen LogP contribution in [-0.2, 0) is 0 Å². The summed E-state index contributed by atoms with van der Waals surface area (Å²) in [7, 11) is 0. The first-order chi connectivity index (χ1) is 9.34. The van der Waals surface area contributed by atoms with Gasteiger partial charge in [-0.3, -0.25) is 4.79 Å². The van der Waals surface area contributed by atoms with Crippen molar-refractivity contribution >= 4 is 16.6 Å². The molecule has 0 bridgehead atoms. The first-order valence-corrected chi connectivity index (χ1v) is 7.35. The molecule has 1 heteroatoms. The second kappa shape index (κ2) is 5.56. The van der Waals surface area contributed by atoms with Gasteiger partial charge in [-0.15, -0.1) is 0 Å². The second-order valence-electron chi connectivity index (χ2n) is 5.66. The summed E-state index contributed by atoms with van der Waals surface area (Å²) in [6.07, 6.45) is 7.14. The Morgan fingerprint density at radius 3 is 2.53 bits per heavy atom. The highest BCUT2D eigenvalue weighted by atomic mass is 16.1. The molecule has 0 radical (unpaired) electrons. The maximum absolute atomic E-state index is 12.5. The van der Waals surface area contributed by atoms with Crippen molar-refractivity contribution in [1.82, 2.24) is 0 Å². The zero-order valence-electron chi connectivity index (χ0n) is 11.3. The normalized spacial score (nSPS) is 16.6. The molecule has 1 aliphatic rings. The van der Waals surface area contributed by atoms with Crippen LogP contribution in [0.4, 0.5) is 0 Å². The molecule has 2 aromatic rings. The molecule has 1 fully saturated rings. The van der Waals surface area contributed by atoms with Crippen molar-refractivity contribution in [3.05, 3.63) is 48.0 Å². The molecule has 0 amide bonds. The van der Waals surface area contributed by atoms with Gasteiger partial charge in [0.1, 0.15) is 0 Å². The van der Waals surface area contributed by atoms with Crippen molar-refractivity contribution in [1.29, 1.82) is 0 Å². The van der Waals surface area contributed by atoms with E-state index in [0.717, 1.165) is 22.8 Å². The van der Waals surface area contributed by atoms with Crippen LogP contribution >= 0.6 is 0 Å². The van der Waals surface area contributed by atoms with Crippen LogP contribution in [0.5, 0.6) is 0 Å². The Morgan fingerprint density at radius 2 is 1.68 bits per heavy atom. The molecule has 0 N–H and O–H groups in total. The zero-order valence-corrected chi connectivity index (χ0v) is 11.3. The molecule has 3 rings (SSSR count). The first-order valence-electron chi connectivity index (χ1n) is 7.35. The average Bonchev–Trinajstić information content (AvgIpc) is 2.47. The minimum atomic E-state index is 0.323. The Bertz CT molecular complexity index is 574. The third kappa shape index (κ3) is 2.70. The maximum atomic E-state index is 12.5. The van der Waals surface area contributed by atoms with Crippen LogP contribution in [-0.4, -0.2) is 5.78 Å². The number of hydrogen-bond acceptors (Lipinski definition) is 1. The molecule has 0 aliphatic heterocycles. The van der Waals surface area contributed by atoms with Gasteiger partial charge in [0, 0.05) is 12.0 Å². The van der Waals surface area contributed by atoms with E-state index in [2.05, 4.69) is 18.2 Å². The fraction of sp³-hybridized carbons (Fsp3) is 0.389. The van der Waals surface area contributed by atoms with Gasteiger partial charge in [0.15, 0.2) is 5.78 Å². The molecule has 0 aromatic heterocycles. The van der Waals surface area contributed by atoms with Crippen molar-refractivity contribution in [3.8, 4) is 0 Å². The number of rotatable bonds is 3. The van der Waals surface area contributed by atoms with E-state index in [9.17, 15) is 4.79 Å². The predicted molar refractivity (Wildman–Crippen MR) is 79.5 cm³/mol. The third-order valence-corrected chi connectivity index (χ3v) is 4.29. The first kappa shape index (κ1) is 12.4. The lowest BCUT2D eigenvalue weighted by atomic mass is 9.84. The van der Waals surface area contributed by atoms with E-state index in [1.165, 1.54) is 32.1 Å². The minimum absolute atomic E-state index is 0.323. The maximum Gasteiger partial charge on any atom is 0.163 e. The highest BCUT2D eigenvalue weighted by Gasteiger charge is 2.18. The lowest BCUT2D eigenvalue weighted by Gasteiger charge is -2.20. The van der Waals surface area contributed by atoms with Crippen molar-refractivity contribution in [2.45, 2.75) is 38.5 Å². The van der Waals surface area contributed by atoms with Crippen molar-refractivity contribution in [2.24, 2.45) is 5.92 Å². The standard InChI is InChI=1S/C18H20O/c19-18(13-14-7-2-1-3-8-14)17-12-6-10-15-9-4-5-11-16(15)17/h4-6,9-12,14H,1-3,7-8,13H2. The lowest BCUT2D eigenvalue weighted by molar-refractivity contribution is 0.0952. The molecule has 0 spiro atoms. The average molecular weight is 252 g/mol. The number of carbonyl (C=O) groups is 1. The van der Waals surface area contributed by atoms with Gasteiger partial charge in [-0.25, -0.2) is 0 Å². The molecule has 98 valence electrons. The molecule has 0 heterocycles. The predicted octanol–water partition coefficient (Wildman–Crippen LogP) is 4.99. The number of ketones is 1. The molecule has 0 unspecified atom stereocenters. The number of fused-ring (bicyclic) bond motifs is 1. The molecule has 1 saturated carbocycles. The summed E-state index contributed by atoms with van der Waals surface area (Å²) in [4.78, 5) is 12.5. The monoisotopic (exact) mass is 252 g/mol. The van der Waals surface area contributed by atoms with Gasteiger partial charge in [-0.05, 0) is 16.7 Å². The smallest absolute Gasteiger partial charge is 0.163 e. The number of carbonyl (C=O) groups excluding carboxylic acids is 1. The van der Waals surface area contributed by atoms with Gasteiger partial charge in [-0.1, -0.05) is 74.6 Å². The molecule has 0 saturated heterocycles. The number of hydrogen-bond donors (Lipinski definition) is 0. The van der Waals surface area contributed by atoms with Crippen molar-refractivity contribution < 1.29 is 4.79 Å². The summed E-state index contributed by atoms with van der Waals surface area (Å²) in [5.74, 6) is 0.934. The van der Waals surface area contributed by atoms with Crippen LogP contribution in [0.3, 0.4) is 0 Å². The molecular weight excluding hydrogens is 232 g/mol. The largest absolute Gasteiger partial charge is 0.294 e. The van der Waals surface area contributed by atoms with Crippen LogP contribution in [0.15, 0.2) is 42.5 Å². The van der Waals surface area contributed by atoms with Crippen LogP contribution in [0, 0.1) is 5.92 Å². The summed E-state index contributed by atoms with van der Waals surface area (Å²) < 4.78 is 0. The number of Topliss-reactive ketones (excluding diaryl/α,β-unsaturated/α-hetero) is 1. The van der Waals surface area contributed by atoms with Gasteiger partial charge in [0.2, 0.25) is 0 Å². The van der Waals surface area contributed by atoms with Gasteiger partial charge >= 0.3 is 0 Å². The van der Waals surface area contributed by atoms with E-state index in [0.29, 0.717) is 11.7 Å². The topological polar surface area (TPSA) is 17.1 Å². The Labute approximate surface area is 114 Å². The lowest BCUT2D eigenvalue weighted by Crippen LogP contribution is -2.12. The zero-order chi connectivity index (χ0) is 13.1. The number of benzene rings is 2. The van der Waals surface area contributed by atoms with Gasteiger partial charge < -0.3 is 0 Å². The Hall–Kier alpha value is -1.63. The van der Waals surface area contributed by atoms with E-state index in [1.54, 1.807) is 0 Å². The second-order valence-corrected chi connectivity index (χ2v) is 5.66. The Balaban J connectivity index is 1.85. The van der Waals surface area contributed by atoms with Crippen LogP contribution < -0.4 is 0 Å². The minimum Gasteiger partial charge on any atom is -0.294 e. The van der Waals surface area contributed by atoms with E-state index in [-0.39, 0.29) is 0 Å². The van der Waals surface area contributed by atoms with Gasteiger partial charge in [0.05, 0.1) is 0 Å². The van der Waals surface area contributed by atoms with Crippen LogP contribution in [0.2, 0.25) is 0 Å². The fourth-order valence-electron chi connectivity index (χ4n) is 3.23. The molecule has 1 aliphatic carbocycles. The van der Waals surface area contributed by atoms with Gasteiger partial charge in [0.25, 0.3) is 0 Å². The summed E-state index contributed by atoms with van der Waals surface area (Å²) in [5.41, 5.74) is 0.906. The highest BCUT2D eigenvalue weighted by molar-refractivity contribution is 6.08.